The predicted molar refractivity (Wildman–Crippen MR) is 38.7 cm³/mol. The number of aliphatic carboxylic acids is 1. The SMILES string of the molecule is O=C(O)C/C=C\C1CCC1. The Morgan fingerprint density at radius 1 is 1.60 bits per heavy atom. The lowest BCUT2D eigenvalue weighted by Gasteiger charge is -2.20. The fraction of sp³-hybridized carbons (Fsp3) is 0.625. The molecule has 1 aliphatic rings. The number of allylic oxidation sites excluding steroid dienone is 1. The molecule has 0 aromatic carbocycles. The third-order valence-corrected chi connectivity index (χ3v) is 1.85. The molecule has 0 spiro atoms. The first kappa shape index (κ1) is 7.32. The highest BCUT2D eigenvalue weighted by atomic mass is 16.4. The van der Waals surface area contributed by atoms with Crippen LogP contribution in [0.2, 0.25) is 0 Å². The molecule has 1 aliphatic carbocycles. The summed E-state index contributed by atoms with van der Waals surface area (Å²) in [6.07, 6.45) is 7.76. The van der Waals surface area contributed by atoms with E-state index in [0.717, 1.165) is 0 Å². The van der Waals surface area contributed by atoms with Gasteiger partial charge in [-0.3, -0.25) is 4.79 Å². The standard InChI is InChI=1S/C8H12O2/c9-8(10)6-2-5-7-3-1-4-7/h2,5,7H,1,3-4,6H2,(H,9,10)/b5-2-. The van der Waals surface area contributed by atoms with Crippen LogP contribution in [0.3, 0.4) is 0 Å². The van der Waals surface area contributed by atoms with Gasteiger partial charge < -0.3 is 5.11 Å². The molecule has 1 rings (SSSR count). The van der Waals surface area contributed by atoms with Gasteiger partial charge >= 0.3 is 5.97 Å². The maximum atomic E-state index is 10.0. The lowest BCUT2D eigenvalue weighted by atomic mass is 9.85. The molecule has 10 heavy (non-hydrogen) atoms. The minimum absolute atomic E-state index is 0.177. The topological polar surface area (TPSA) is 37.3 Å². The van der Waals surface area contributed by atoms with Crippen molar-refractivity contribution in [3.05, 3.63) is 12.2 Å². The Balaban J connectivity index is 2.10. The van der Waals surface area contributed by atoms with E-state index in [1.54, 1.807) is 6.08 Å². The van der Waals surface area contributed by atoms with Crippen molar-refractivity contribution in [2.24, 2.45) is 5.92 Å². The van der Waals surface area contributed by atoms with Gasteiger partial charge in [0.2, 0.25) is 0 Å². The largest absolute Gasteiger partial charge is 0.481 e. The molecule has 0 heterocycles. The molecule has 0 unspecified atom stereocenters. The molecule has 2 nitrogen and oxygen atoms in total. The summed E-state index contributed by atoms with van der Waals surface area (Å²) in [6.45, 7) is 0. The minimum Gasteiger partial charge on any atom is -0.481 e. The number of carbonyl (C=O) groups is 1. The van der Waals surface area contributed by atoms with E-state index in [4.69, 9.17) is 5.11 Å². The van der Waals surface area contributed by atoms with Gasteiger partial charge in [-0.2, -0.15) is 0 Å². The Bertz CT molecular complexity index is 145. The van der Waals surface area contributed by atoms with Crippen LogP contribution in [0.1, 0.15) is 25.7 Å². The van der Waals surface area contributed by atoms with Gasteiger partial charge in [0.15, 0.2) is 0 Å². The summed E-state index contributed by atoms with van der Waals surface area (Å²) in [5, 5.41) is 8.27. The summed E-state index contributed by atoms with van der Waals surface area (Å²) in [5.41, 5.74) is 0. The Morgan fingerprint density at radius 2 is 2.30 bits per heavy atom. The zero-order valence-electron chi connectivity index (χ0n) is 5.92. The van der Waals surface area contributed by atoms with Gasteiger partial charge in [-0.25, -0.2) is 0 Å². The van der Waals surface area contributed by atoms with Crippen LogP contribution in [0.25, 0.3) is 0 Å². The van der Waals surface area contributed by atoms with Crippen LogP contribution < -0.4 is 0 Å². The summed E-state index contributed by atoms with van der Waals surface area (Å²) in [7, 11) is 0. The van der Waals surface area contributed by atoms with Crippen LogP contribution in [-0.4, -0.2) is 11.1 Å². The van der Waals surface area contributed by atoms with Crippen LogP contribution in [0, 0.1) is 5.92 Å². The fourth-order valence-corrected chi connectivity index (χ4v) is 0.994. The first-order chi connectivity index (χ1) is 4.79. The molecule has 0 aromatic heterocycles. The first-order valence-electron chi connectivity index (χ1n) is 3.67. The van der Waals surface area contributed by atoms with E-state index in [2.05, 4.69) is 0 Å². The van der Waals surface area contributed by atoms with E-state index in [1.807, 2.05) is 6.08 Å². The van der Waals surface area contributed by atoms with Crippen molar-refractivity contribution in [1.82, 2.24) is 0 Å². The highest BCUT2D eigenvalue weighted by Crippen LogP contribution is 2.27. The second-order valence-electron chi connectivity index (χ2n) is 2.72. The van der Waals surface area contributed by atoms with Crippen LogP contribution in [0.5, 0.6) is 0 Å². The van der Waals surface area contributed by atoms with E-state index in [-0.39, 0.29) is 6.42 Å². The Labute approximate surface area is 60.6 Å². The fourth-order valence-electron chi connectivity index (χ4n) is 0.994. The van der Waals surface area contributed by atoms with E-state index < -0.39 is 5.97 Å². The lowest BCUT2D eigenvalue weighted by Crippen LogP contribution is -2.07. The van der Waals surface area contributed by atoms with Crippen molar-refractivity contribution < 1.29 is 9.90 Å². The van der Waals surface area contributed by atoms with E-state index in [0.29, 0.717) is 5.92 Å². The third-order valence-electron chi connectivity index (χ3n) is 1.85. The molecule has 1 N–H and O–H groups in total. The second kappa shape index (κ2) is 3.40. The number of carboxylic acid groups (broad SMARTS) is 1. The van der Waals surface area contributed by atoms with Gasteiger partial charge in [0.05, 0.1) is 6.42 Å². The molecule has 0 saturated heterocycles. The summed E-state index contributed by atoms with van der Waals surface area (Å²) in [5.74, 6) is -0.0603. The second-order valence-corrected chi connectivity index (χ2v) is 2.72. The van der Waals surface area contributed by atoms with Crippen LogP contribution in [-0.2, 0) is 4.79 Å². The molecular formula is C8H12O2. The Kier molecular flexibility index (Phi) is 2.49. The van der Waals surface area contributed by atoms with Gasteiger partial charge in [0, 0.05) is 0 Å². The van der Waals surface area contributed by atoms with E-state index in [1.165, 1.54) is 19.3 Å². The smallest absolute Gasteiger partial charge is 0.307 e. The monoisotopic (exact) mass is 140 g/mol. The maximum Gasteiger partial charge on any atom is 0.307 e. The molecule has 1 saturated carbocycles. The van der Waals surface area contributed by atoms with Crippen molar-refractivity contribution in [2.75, 3.05) is 0 Å². The zero-order chi connectivity index (χ0) is 7.40. The van der Waals surface area contributed by atoms with Gasteiger partial charge in [-0.1, -0.05) is 18.6 Å². The van der Waals surface area contributed by atoms with Crippen LogP contribution in [0.4, 0.5) is 0 Å². The molecule has 0 atom stereocenters. The minimum atomic E-state index is -0.740. The average Bonchev–Trinajstić information content (AvgIpc) is 1.75. The highest BCUT2D eigenvalue weighted by molar-refractivity contribution is 5.68. The first-order valence-corrected chi connectivity index (χ1v) is 3.67. The highest BCUT2D eigenvalue weighted by Gasteiger charge is 2.12. The van der Waals surface area contributed by atoms with Crippen molar-refractivity contribution >= 4 is 5.97 Å². The third kappa shape index (κ3) is 2.21. The van der Waals surface area contributed by atoms with Crippen molar-refractivity contribution in [1.29, 1.82) is 0 Å². The maximum absolute atomic E-state index is 10.0. The van der Waals surface area contributed by atoms with Crippen molar-refractivity contribution in [3.63, 3.8) is 0 Å². The van der Waals surface area contributed by atoms with Gasteiger partial charge in [0.25, 0.3) is 0 Å². The number of hydrogen-bond acceptors (Lipinski definition) is 1. The van der Waals surface area contributed by atoms with Crippen LogP contribution in [0.15, 0.2) is 12.2 Å². The molecule has 0 bridgehead atoms. The number of carboxylic acids is 1. The predicted octanol–water partition coefficient (Wildman–Crippen LogP) is 1.82. The molecule has 0 aliphatic heterocycles. The van der Waals surface area contributed by atoms with Crippen LogP contribution >= 0.6 is 0 Å². The summed E-state index contributed by atoms with van der Waals surface area (Å²) >= 11 is 0. The molecule has 2 heteroatoms. The summed E-state index contributed by atoms with van der Waals surface area (Å²) in [4.78, 5) is 10.0. The molecular weight excluding hydrogens is 128 g/mol. The van der Waals surface area contributed by atoms with E-state index >= 15 is 0 Å². The summed E-state index contributed by atoms with van der Waals surface area (Å²) in [6, 6.07) is 0. The quantitative estimate of drug-likeness (QED) is 0.607. The number of hydrogen-bond donors (Lipinski definition) is 1. The van der Waals surface area contributed by atoms with Gasteiger partial charge in [0.1, 0.15) is 0 Å². The molecule has 0 radical (unpaired) electrons. The Hall–Kier alpha value is -0.790. The molecule has 0 amide bonds. The lowest BCUT2D eigenvalue weighted by molar-refractivity contribution is -0.136. The summed E-state index contributed by atoms with van der Waals surface area (Å²) < 4.78 is 0. The van der Waals surface area contributed by atoms with Gasteiger partial charge in [-0.05, 0) is 18.8 Å². The zero-order valence-corrected chi connectivity index (χ0v) is 5.92. The molecule has 56 valence electrons. The normalized spacial score (nSPS) is 19.2. The van der Waals surface area contributed by atoms with Crippen molar-refractivity contribution in [3.8, 4) is 0 Å². The molecule has 0 aromatic rings. The molecule has 1 fully saturated rings. The van der Waals surface area contributed by atoms with Gasteiger partial charge in [-0.15, -0.1) is 0 Å². The van der Waals surface area contributed by atoms with Crippen molar-refractivity contribution in [2.45, 2.75) is 25.7 Å². The average molecular weight is 140 g/mol. The number of rotatable bonds is 3. The Morgan fingerprint density at radius 3 is 2.70 bits per heavy atom. The van der Waals surface area contributed by atoms with E-state index in [9.17, 15) is 4.79 Å².